The minimum absolute atomic E-state index is 0.00950. The van der Waals surface area contributed by atoms with Crippen LogP contribution in [0.2, 0.25) is 10.0 Å². The van der Waals surface area contributed by atoms with Gasteiger partial charge >= 0.3 is 0 Å². The van der Waals surface area contributed by atoms with Gasteiger partial charge in [0.05, 0.1) is 22.2 Å². The fraction of sp³-hybridized carbons (Fsp3) is 0.318. The van der Waals surface area contributed by atoms with E-state index in [1.54, 1.807) is 0 Å². The summed E-state index contributed by atoms with van der Waals surface area (Å²) in [4.78, 5) is 3.86. The molecular weight excluding hydrogens is 511 g/mol. The molecule has 0 bridgehead atoms. The molecule has 178 valence electrons. The lowest BCUT2D eigenvalue weighted by molar-refractivity contribution is 0.271. The molecule has 0 aliphatic heterocycles. The van der Waals surface area contributed by atoms with Gasteiger partial charge in [-0.15, -0.1) is 11.6 Å². The smallest absolute Gasteiger partial charge is 0.231 e. The van der Waals surface area contributed by atoms with Gasteiger partial charge in [0.1, 0.15) is 19.0 Å². The van der Waals surface area contributed by atoms with Crippen LogP contribution in [0.3, 0.4) is 0 Å². The Morgan fingerprint density at radius 1 is 1.06 bits per heavy atom. The van der Waals surface area contributed by atoms with E-state index in [4.69, 9.17) is 48.7 Å². The van der Waals surface area contributed by atoms with Crippen molar-refractivity contribution in [1.82, 2.24) is 4.98 Å². The fourth-order valence-corrected chi connectivity index (χ4v) is 4.31. The normalized spacial score (nSPS) is 11.9. The highest BCUT2D eigenvalue weighted by molar-refractivity contribution is 7.92. The lowest BCUT2D eigenvalue weighted by Gasteiger charge is -2.27. The highest BCUT2D eigenvalue weighted by Gasteiger charge is 2.26. The first-order chi connectivity index (χ1) is 15.5. The number of hydrogen-bond donors (Lipinski definition) is 1. The van der Waals surface area contributed by atoms with Gasteiger partial charge in [-0.05, 0) is 35.4 Å². The molecule has 11 heteroatoms. The molecular formula is C22H23Cl3N2O5S. The van der Waals surface area contributed by atoms with Crippen molar-refractivity contribution in [3.8, 4) is 11.5 Å². The lowest BCUT2D eigenvalue weighted by atomic mass is 9.78. The van der Waals surface area contributed by atoms with Gasteiger partial charge in [0, 0.05) is 5.41 Å². The van der Waals surface area contributed by atoms with Crippen LogP contribution in [0.15, 0.2) is 47.2 Å². The second-order valence-electron chi connectivity index (χ2n) is 7.74. The lowest BCUT2D eigenvalue weighted by Crippen LogP contribution is -2.19. The largest absolute Gasteiger partial charge is 0.489 e. The highest BCUT2D eigenvalue weighted by Crippen LogP contribution is 2.40. The Kier molecular flexibility index (Phi) is 8.05. The molecule has 0 unspecified atom stereocenters. The van der Waals surface area contributed by atoms with Crippen LogP contribution in [0.4, 0.5) is 5.82 Å². The first-order valence-corrected chi connectivity index (χ1v) is 13.0. The SMILES string of the molecule is CC(C)(c1ccc(OCc2ocnc2NS(C)(=O)=O)cc1)c1cc(Cl)c(OCCCl)c(Cl)c1. The van der Waals surface area contributed by atoms with Crippen molar-refractivity contribution < 1.29 is 22.3 Å². The van der Waals surface area contributed by atoms with Crippen molar-refractivity contribution in [2.24, 2.45) is 0 Å². The molecule has 2 aromatic carbocycles. The topological polar surface area (TPSA) is 90.7 Å². The van der Waals surface area contributed by atoms with Crippen LogP contribution in [0.25, 0.3) is 0 Å². The average Bonchev–Trinajstić information content (AvgIpc) is 3.17. The molecule has 33 heavy (non-hydrogen) atoms. The summed E-state index contributed by atoms with van der Waals surface area (Å²) in [7, 11) is -3.48. The minimum atomic E-state index is -3.48. The Hall–Kier alpha value is -2.13. The standard InChI is InChI=1S/C22H23Cl3N2O5S/c1-22(2,15-10-17(24)20(18(25)11-15)30-9-8-23)14-4-6-16(7-5-14)31-12-19-21(26-13-32-19)27-33(3,28)29/h4-7,10-11,13,27H,8-9,12H2,1-3H3. The van der Waals surface area contributed by atoms with E-state index in [-0.39, 0.29) is 18.2 Å². The number of halogens is 3. The quantitative estimate of drug-likeness (QED) is 0.328. The highest BCUT2D eigenvalue weighted by atomic mass is 35.5. The monoisotopic (exact) mass is 532 g/mol. The van der Waals surface area contributed by atoms with Gasteiger partial charge in [-0.2, -0.15) is 4.98 Å². The van der Waals surface area contributed by atoms with Gasteiger partial charge in [0.2, 0.25) is 10.0 Å². The maximum atomic E-state index is 11.4. The number of hydrogen-bond acceptors (Lipinski definition) is 6. The van der Waals surface area contributed by atoms with Crippen molar-refractivity contribution in [1.29, 1.82) is 0 Å². The van der Waals surface area contributed by atoms with Crippen LogP contribution in [0.5, 0.6) is 11.5 Å². The minimum Gasteiger partial charge on any atom is -0.489 e. The second kappa shape index (κ2) is 10.4. The number of nitrogens with zero attached hydrogens (tertiary/aromatic N) is 1. The Balaban J connectivity index is 1.74. The van der Waals surface area contributed by atoms with E-state index in [0.29, 0.717) is 34.0 Å². The molecule has 0 radical (unpaired) electrons. The number of anilines is 1. The molecule has 0 atom stereocenters. The third-order valence-electron chi connectivity index (χ3n) is 4.91. The fourth-order valence-electron chi connectivity index (χ4n) is 3.11. The van der Waals surface area contributed by atoms with Crippen LogP contribution < -0.4 is 14.2 Å². The molecule has 0 saturated carbocycles. The molecule has 0 fully saturated rings. The second-order valence-corrected chi connectivity index (χ2v) is 10.7. The zero-order chi connectivity index (χ0) is 24.2. The number of ether oxygens (including phenoxy) is 2. The Bertz CT molecular complexity index is 1190. The summed E-state index contributed by atoms with van der Waals surface area (Å²) in [5.41, 5.74) is 1.52. The number of rotatable bonds is 10. The van der Waals surface area contributed by atoms with Crippen LogP contribution >= 0.6 is 34.8 Å². The molecule has 3 rings (SSSR count). The summed E-state index contributed by atoms with van der Waals surface area (Å²) in [6.07, 6.45) is 2.19. The van der Waals surface area contributed by atoms with Crippen molar-refractivity contribution >= 4 is 50.6 Å². The summed E-state index contributed by atoms with van der Waals surface area (Å²) < 4.78 is 41.6. The van der Waals surface area contributed by atoms with Gasteiger partial charge in [-0.3, -0.25) is 4.72 Å². The summed E-state index contributed by atoms with van der Waals surface area (Å²) in [6.45, 7) is 4.43. The summed E-state index contributed by atoms with van der Waals surface area (Å²) in [6, 6.07) is 11.2. The van der Waals surface area contributed by atoms with Crippen LogP contribution in [-0.2, 0) is 22.0 Å². The molecule has 0 aliphatic rings. The van der Waals surface area contributed by atoms with Crippen molar-refractivity contribution in [3.63, 3.8) is 0 Å². The van der Waals surface area contributed by atoms with Gasteiger partial charge in [-0.25, -0.2) is 8.42 Å². The van der Waals surface area contributed by atoms with Gasteiger partial charge in [-0.1, -0.05) is 49.2 Å². The third-order valence-corrected chi connectivity index (χ3v) is 6.19. The number of alkyl halides is 1. The number of aromatic nitrogens is 1. The Labute approximate surface area is 208 Å². The number of sulfonamides is 1. The first-order valence-electron chi connectivity index (χ1n) is 9.83. The van der Waals surface area contributed by atoms with Crippen LogP contribution in [0.1, 0.15) is 30.7 Å². The van der Waals surface area contributed by atoms with Crippen LogP contribution in [-0.4, -0.2) is 32.1 Å². The van der Waals surface area contributed by atoms with Crippen molar-refractivity contribution in [3.05, 3.63) is 69.7 Å². The maximum Gasteiger partial charge on any atom is 0.231 e. The molecule has 3 aromatic rings. The predicted octanol–water partition coefficient (Wildman–Crippen LogP) is 5.88. The molecule has 0 amide bonds. The zero-order valence-electron chi connectivity index (χ0n) is 18.2. The van der Waals surface area contributed by atoms with E-state index in [1.165, 1.54) is 0 Å². The van der Waals surface area contributed by atoms with Crippen LogP contribution in [0, 0.1) is 0 Å². The van der Waals surface area contributed by atoms with E-state index in [9.17, 15) is 8.42 Å². The molecule has 1 heterocycles. The summed E-state index contributed by atoms with van der Waals surface area (Å²) in [5.74, 6) is 1.70. The third kappa shape index (κ3) is 6.47. The predicted molar refractivity (Wildman–Crippen MR) is 131 cm³/mol. The van der Waals surface area contributed by atoms with Crippen molar-refractivity contribution in [2.45, 2.75) is 25.9 Å². The molecule has 0 saturated heterocycles. The zero-order valence-corrected chi connectivity index (χ0v) is 21.3. The van der Waals surface area contributed by atoms with E-state index in [1.807, 2.05) is 36.4 Å². The van der Waals surface area contributed by atoms with E-state index in [2.05, 4.69) is 23.6 Å². The Morgan fingerprint density at radius 3 is 2.27 bits per heavy atom. The molecule has 0 aliphatic carbocycles. The van der Waals surface area contributed by atoms with E-state index < -0.39 is 15.4 Å². The van der Waals surface area contributed by atoms with Gasteiger partial charge in [0.15, 0.2) is 23.7 Å². The van der Waals surface area contributed by atoms with E-state index >= 15 is 0 Å². The molecule has 1 N–H and O–H groups in total. The average molecular weight is 534 g/mol. The number of benzene rings is 2. The molecule has 1 aromatic heterocycles. The number of nitrogens with one attached hydrogen (secondary N) is 1. The Morgan fingerprint density at radius 2 is 1.70 bits per heavy atom. The molecule has 7 nitrogen and oxygen atoms in total. The maximum absolute atomic E-state index is 11.4. The summed E-state index contributed by atoms with van der Waals surface area (Å²) in [5, 5.41) is 0.836. The number of oxazole rings is 1. The van der Waals surface area contributed by atoms with Gasteiger partial charge in [0.25, 0.3) is 0 Å². The first kappa shape index (κ1) is 25.5. The van der Waals surface area contributed by atoms with Crippen molar-refractivity contribution in [2.75, 3.05) is 23.5 Å². The van der Waals surface area contributed by atoms with Gasteiger partial charge < -0.3 is 13.9 Å². The van der Waals surface area contributed by atoms with E-state index in [0.717, 1.165) is 23.8 Å². The summed E-state index contributed by atoms with van der Waals surface area (Å²) >= 11 is 18.5. The molecule has 0 spiro atoms.